The van der Waals surface area contributed by atoms with Crippen LogP contribution in [0.15, 0.2) is 42.6 Å². The quantitative estimate of drug-likeness (QED) is 0.879. The van der Waals surface area contributed by atoms with E-state index in [0.29, 0.717) is 10.7 Å². The Morgan fingerprint density at radius 3 is 2.48 bits per heavy atom. The molecule has 1 amide bonds. The van der Waals surface area contributed by atoms with Gasteiger partial charge in [0.1, 0.15) is 5.15 Å². The highest BCUT2D eigenvalue weighted by Crippen LogP contribution is 2.20. The largest absolute Gasteiger partial charge is 0.369 e. The van der Waals surface area contributed by atoms with Gasteiger partial charge in [0.15, 0.2) is 0 Å². The van der Waals surface area contributed by atoms with E-state index in [1.54, 1.807) is 12.1 Å². The minimum absolute atomic E-state index is 0.193. The molecule has 1 aliphatic heterocycles. The summed E-state index contributed by atoms with van der Waals surface area (Å²) in [5.41, 5.74) is 2.44. The van der Waals surface area contributed by atoms with Crippen LogP contribution in [0.4, 0.5) is 11.4 Å². The monoisotopic (exact) mass is 330 g/mol. The van der Waals surface area contributed by atoms with Gasteiger partial charge in [-0.05, 0) is 43.4 Å². The first kappa shape index (κ1) is 15.8. The van der Waals surface area contributed by atoms with Gasteiger partial charge in [-0.1, -0.05) is 11.6 Å². The lowest BCUT2D eigenvalue weighted by Gasteiger charge is -2.34. The zero-order valence-corrected chi connectivity index (χ0v) is 13.8. The number of pyridine rings is 1. The zero-order chi connectivity index (χ0) is 16.2. The number of hydrogen-bond acceptors (Lipinski definition) is 4. The van der Waals surface area contributed by atoms with Crippen LogP contribution in [0.5, 0.6) is 0 Å². The number of amides is 1. The third-order valence-electron chi connectivity index (χ3n) is 3.98. The predicted octanol–water partition coefficient (Wildman–Crippen LogP) is 2.74. The fraction of sp³-hybridized carbons (Fsp3) is 0.294. The normalized spacial score (nSPS) is 15.5. The Morgan fingerprint density at radius 2 is 1.83 bits per heavy atom. The first-order valence-electron chi connectivity index (χ1n) is 7.58. The first-order valence-corrected chi connectivity index (χ1v) is 7.96. The summed E-state index contributed by atoms with van der Waals surface area (Å²) in [6, 6.07) is 11.1. The van der Waals surface area contributed by atoms with Crippen LogP contribution >= 0.6 is 11.6 Å². The number of likely N-dealkylation sites (N-methyl/N-ethyl adjacent to an activating group) is 1. The molecule has 3 rings (SSSR count). The van der Waals surface area contributed by atoms with Gasteiger partial charge in [0.2, 0.25) is 0 Å². The molecule has 1 fully saturated rings. The standard InChI is InChI=1S/C17H19ClN4O/c1-21-8-10-22(11-9-21)15-4-2-14(3-5-15)20-17(23)13-6-7-19-16(18)12-13/h2-7,12H,8-11H2,1H3,(H,20,23). The van der Waals surface area contributed by atoms with Gasteiger partial charge in [-0.3, -0.25) is 4.79 Å². The van der Waals surface area contributed by atoms with Crippen LogP contribution in [0, 0.1) is 0 Å². The number of benzene rings is 1. The van der Waals surface area contributed by atoms with E-state index in [1.165, 1.54) is 11.9 Å². The number of aromatic nitrogens is 1. The summed E-state index contributed by atoms with van der Waals surface area (Å²) in [7, 11) is 2.14. The Labute approximate surface area is 140 Å². The van der Waals surface area contributed by atoms with Crippen molar-refractivity contribution in [1.29, 1.82) is 0 Å². The second-order valence-corrected chi connectivity index (χ2v) is 6.05. The Hall–Kier alpha value is -2.11. The third-order valence-corrected chi connectivity index (χ3v) is 4.19. The van der Waals surface area contributed by atoms with Crippen LogP contribution in [0.2, 0.25) is 5.15 Å². The Morgan fingerprint density at radius 1 is 1.13 bits per heavy atom. The van der Waals surface area contributed by atoms with E-state index in [1.807, 2.05) is 24.3 Å². The van der Waals surface area contributed by atoms with E-state index in [-0.39, 0.29) is 5.91 Å². The van der Waals surface area contributed by atoms with Crippen molar-refractivity contribution in [3.63, 3.8) is 0 Å². The number of halogens is 1. The van der Waals surface area contributed by atoms with Gasteiger partial charge in [0.25, 0.3) is 5.91 Å². The molecule has 5 nitrogen and oxygen atoms in total. The summed E-state index contributed by atoms with van der Waals surface area (Å²) in [6.45, 7) is 4.19. The molecule has 23 heavy (non-hydrogen) atoms. The topological polar surface area (TPSA) is 48.5 Å². The van der Waals surface area contributed by atoms with Crippen molar-refractivity contribution in [3.8, 4) is 0 Å². The molecule has 0 bridgehead atoms. The molecule has 1 saturated heterocycles. The first-order chi connectivity index (χ1) is 11.1. The number of nitrogens with zero attached hydrogens (tertiary/aromatic N) is 3. The van der Waals surface area contributed by atoms with E-state index >= 15 is 0 Å². The van der Waals surface area contributed by atoms with Crippen LogP contribution in [0.25, 0.3) is 0 Å². The highest BCUT2D eigenvalue weighted by Gasteiger charge is 2.14. The number of hydrogen-bond donors (Lipinski definition) is 1. The summed E-state index contributed by atoms with van der Waals surface area (Å²) >= 11 is 5.81. The van der Waals surface area contributed by atoms with Crippen molar-refractivity contribution >= 4 is 28.9 Å². The molecule has 0 radical (unpaired) electrons. The molecular weight excluding hydrogens is 312 g/mol. The van der Waals surface area contributed by atoms with Gasteiger partial charge in [-0.15, -0.1) is 0 Å². The van der Waals surface area contributed by atoms with Crippen molar-refractivity contribution in [2.24, 2.45) is 0 Å². The lowest BCUT2D eigenvalue weighted by molar-refractivity contribution is 0.102. The average molecular weight is 331 g/mol. The van der Waals surface area contributed by atoms with Crippen LogP contribution < -0.4 is 10.2 Å². The van der Waals surface area contributed by atoms with Gasteiger partial charge in [-0.25, -0.2) is 4.98 Å². The molecule has 0 atom stereocenters. The molecule has 1 aliphatic rings. The second kappa shape index (κ2) is 6.98. The van der Waals surface area contributed by atoms with Gasteiger partial charge >= 0.3 is 0 Å². The SMILES string of the molecule is CN1CCN(c2ccc(NC(=O)c3ccnc(Cl)c3)cc2)CC1. The summed E-state index contributed by atoms with van der Waals surface area (Å²) in [4.78, 5) is 20.7. The molecule has 6 heteroatoms. The fourth-order valence-corrected chi connectivity index (χ4v) is 2.74. The Balaban J connectivity index is 1.64. The van der Waals surface area contributed by atoms with E-state index in [0.717, 1.165) is 31.9 Å². The molecule has 1 N–H and O–H groups in total. The highest BCUT2D eigenvalue weighted by atomic mass is 35.5. The van der Waals surface area contributed by atoms with Crippen molar-refractivity contribution < 1.29 is 4.79 Å². The average Bonchev–Trinajstić information content (AvgIpc) is 2.56. The Kier molecular flexibility index (Phi) is 4.79. The molecular formula is C17H19ClN4O. The maximum absolute atomic E-state index is 12.2. The van der Waals surface area contributed by atoms with Gasteiger partial charge in [0.05, 0.1) is 0 Å². The van der Waals surface area contributed by atoms with Crippen LogP contribution in [0.1, 0.15) is 10.4 Å². The molecule has 2 heterocycles. The van der Waals surface area contributed by atoms with Crippen LogP contribution in [-0.2, 0) is 0 Å². The molecule has 1 aromatic carbocycles. The summed E-state index contributed by atoms with van der Waals surface area (Å²) < 4.78 is 0. The molecule has 1 aromatic heterocycles. The summed E-state index contributed by atoms with van der Waals surface area (Å²) in [5.74, 6) is -0.193. The fourth-order valence-electron chi connectivity index (χ4n) is 2.57. The van der Waals surface area contributed by atoms with Crippen molar-refractivity contribution in [2.45, 2.75) is 0 Å². The highest BCUT2D eigenvalue weighted by molar-refractivity contribution is 6.29. The number of carbonyl (C=O) groups is 1. The van der Waals surface area contributed by atoms with Gasteiger partial charge in [0, 0.05) is 49.3 Å². The van der Waals surface area contributed by atoms with Gasteiger partial charge in [-0.2, -0.15) is 0 Å². The van der Waals surface area contributed by atoms with E-state index in [4.69, 9.17) is 11.6 Å². The van der Waals surface area contributed by atoms with Crippen LogP contribution in [0.3, 0.4) is 0 Å². The lowest BCUT2D eigenvalue weighted by atomic mass is 10.2. The number of carbonyl (C=O) groups excluding carboxylic acids is 1. The van der Waals surface area contributed by atoms with E-state index in [2.05, 4.69) is 27.1 Å². The molecule has 0 spiro atoms. The zero-order valence-electron chi connectivity index (χ0n) is 13.0. The van der Waals surface area contributed by atoms with Crippen molar-refractivity contribution in [1.82, 2.24) is 9.88 Å². The third kappa shape index (κ3) is 4.00. The van der Waals surface area contributed by atoms with Crippen molar-refractivity contribution in [2.75, 3.05) is 43.4 Å². The smallest absolute Gasteiger partial charge is 0.255 e. The molecule has 0 unspecified atom stereocenters. The number of anilines is 2. The molecule has 2 aromatic rings. The minimum atomic E-state index is -0.193. The van der Waals surface area contributed by atoms with E-state index < -0.39 is 0 Å². The lowest BCUT2D eigenvalue weighted by Crippen LogP contribution is -2.44. The Bertz CT molecular complexity index is 681. The van der Waals surface area contributed by atoms with Crippen molar-refractivity contribution in [3.05, 3.63) is 53.3 Å². The van der Waals surface area contributed by atoms with Crippen LogP contribution in [-0.4, -0.2) is 49.0 Å². The second-order valence-electron chi connectivity index (χ2n) is 5.66. The molecule has 120 valence electrons. The number of rotatable bonds is 3. The summed E-state index contributed by atoms with van der Waals surface area (Å²) in [5, 5.41) is 3.18. The molecule has 0 saturated carbocycles. The maximum Gasteiger partial charge on any atom is 0.255 e. The predicted molar refractivity (Wildman–Crippen MR) is 93.4 cm³/mol. The minimum Gasteiger partial charge on any atom is -0.369 e. The number of piperazine rings is 1. The maximum atomic E-state index is 12.2. The number of nitrogens with one attached hydrogen (secondary N) is 1. The summed E-state index contributed by atoms with van der Waals surface area (Å²) in [6.07, 6.45) is 1.52. The van der Waals surface area contributed by atoms with E-state index in [9.17, 15) is 4.79 Å². The molecule has 0 aliphatic carbocycles. The van der Waals surface area contributed by atoms with Gasteiger partial charge < -0.3 is 15.1 Å².